The number of oxazole rings is 1. The Hall–Kier alpha value is -1.96. The number of carbonyl (C=O) groups is 1. The highest BCUT2D eigenvalue weighted by Gasteiger charge is 2.12. The molecule has 0 unspecified atom stereocenters. The molecule has 0 radical (unpaired) electrons. The summed E-state index contributed by atoms with van der Waals surface area (Å²) < 4.78 is 11.9. The first kappa shape index (κ1) is 18.8. The number of nitrogens with one attached hydrogen (secondary N) is 1. The van der Waals surface area contributed by atoms with E-state index in [1.54, 1.807) is 24.4 Å². The number of carbonyl (C=O) groups excluding carboxylic acids is 1. The SMILES string of the molecule is COc1ccc(Cl)cc1NC(=O)CSc1ncc(-c2ccc(Br)cc2)o1. The van der Waals surface area contributed by atoms with Crippen LogP contribution < -0.4 is 10.1 Å². The van der Waals surface area contributed by atoms with Crippen molar-refractivity contribution in [3.05, 3.63) is 58.2 Å². The van der Waals surface area contributed by atoms with E-state index in [1.165, 1.54) is 18.9 Å². The molecule has 1 heterocycles. The van der Waals surface area contributed by atoms with Crippen molar-refractivity contribution in [1.82, 2.24) is 4.98 Å². The molecule has 0 saturated heterocycles. The van der Waals surface area contributed by atoms with Gasteiger partial charge in [0.2, 0.25) is 5.91 Å². The molecule has 134 valence electrons. The number of benzene rings is 2. The third-order valence-electron chi connectivity index (χ3n) is 3.38. The molecular weight excluding hydrogens is 440 g/mol. The van der Waals surface area contributed by atoms with E-state index in [0.29, 0.717) is 27.4 Å². The van der Waals surface area contributed by atoms with Gasteiger partial charge in [-0.2, -0.15) is 0 Å². The summed E-state index contributed by atoms with van der Waals surface area (Å²) in [4.78, 5) is 16.4. The third-order valence-corrected chi connectivity index (χ3v) is 4.98. The van der Waals surface area contributed by atoms with E-state index in [-0.39, 0.29) is 11.7 Å². The van der Waals surface area contributed by atoms with Crippen LogP contribution in [0.15, 0.2) is 62.8 Å². The minimum atomic E-state index is -0.209. The first-order chi connectivity index (χ1) is 12.5. The van der Waals surface area contributed by atoms with Gasteiger partial charge in [-0.05, 0) is 30.3 Å². The molecular formula is C18H14BrClN2O3S. The Balaban J connectivity index is 1.60. The zero-order valence-electron chi connectivity index (χ0n) is 13.7. The van der Waals surface area contributed by atoms with Crippen molar-refractivity contribution >= 4 is 50.9 Å². The van der Waals surface area contributed by atoms with E-state index in [1.807, 2.05) is 24.3 Å². The van der Waals surface area contributed by atoms with Gasteiger partial charge in [-0.25, -0.2) is 4.98 Å². The molecule has 1 aromatic heterocycles. The second kappa shape index (κ2) is 8.62. The summed E-state index contributed by atoms with van der Waals surface area (Å²) in [6.07, 6.45) is 1.64. The van der Waals surface area contributed by atoms with E-state index in [2.05, 4.69) is 26.2 Å². The van der Waals surface area contributed by atoms with Gasteiger partial charge >= 0.3 is 0 Å². The molecule has 0 fully saturated rings. The average Bonchev–Trinajstić information content (AvgIpc) is 3.10. The van der Waals surface area contributed by atoms with Crippen molar-refractivity contribution in [1.29, 1.82) is 0 Å². The molecule has 0 spiro atoms. The van der Waals surface area contributed by atoms with E-state index >= 15 is 0 Å². The van der Waals surface area contributed by atoms with Crippen LogP contribution >= 0.6 is 39.3 Å². The summed E-state index contributed by atoms with van der Waals surface area (Å²) in [5, 5.41) is 3.71. The molecule has 0 aliphatic heterocycles. The number of hydrogen-bond donors (Lipinski definition) is 1. The van der Waals surface area contributed by atoms with Crippen LogP contribution in [0.4, 0.5) is 5.69 Å². The highest BCUT2D eigenvalue weighted by Crippen LogP contribution is 2.29. The fourth-order valence-corrected chi connectivity index (χ4v) is 3.20. The van der Waals surface area contributed by atoms with Crippen molar-refractivity contribution in [3.63, 3.8) is 0 Å². The normalized spacial score (nSPS) is 10.6. The lowest BCUT2D eigenvalue weighted by molar-refractivity contribution is -0.113. The fourth-order valence-electron chi connectivity index (χ4n) is 2.16. The third kappa shape index (κ3) is 4.81. The lowest BCUT2D eigenvalue weighted by Crippen LogP contribution is -2.14. The van der Waals surface area contributed by atoms with E-state index < -0.39 is 0 Å². The summed E-state index contributed by atoms with van der Waals surface area (Å²) in [6, 6.07) is 12.7. The second-order valence-electron chi connectivity index (χ2n) is 5.18. The van der Waals surface area contributed by atoms with Gasteiger partial charge < -0.3 is 14.5 Å². The highest BCUT2D eigenvalue weighted by molar-refractivity contribution is 9.10. The number of hydrogen-bond acceptors (Lipinski definition) is 5. The van der Waals surface area contributed by atoms with Crippen LogP contribution in [0.2, 0.25) is 5.02 Å². The molecule has 0 bridgehead atoms. The molecule has 5 nitrogen and oxygen atoms in total. The summed E-state index contributed by atoms with van der Waals surface area (Å²) >= 11 is 10.6. The van der Waals surface area contributed by atoms with E-state index in [9.17, 15) is 4.79 Å². The number of thioether (sulfide) groups is 1. The maximum Gasteiger partial charge on any atom is 0.256 e. The quantitative estimate of drug-likeness (QED) is 0.499. The smallest absolute Gasteiger partial charge is 0.256 e. The van der Waals surface area contributed by atoms with Gasteiger partial charge in [-0.3, -0.25) is 4.79 Å². The molecule has 3 rings (SSSR count). The van der Waals surface area contributed by atoms with Crippen LogP contribution in [0, 0.1) is 0 Å². The number of methoxy groups -OCH3 is 1. The van der Waals surface area contributed by atoms with Gasteiger partial charge in [-0.1, -0.05) is 51.4 Å². The van der Waals surface area contributed by atoms with Gasteiger partial charge in [0.15, 0.2) is 5.76 Å². The number of ether oxygens (including phenoxy) is 1. The van der Waals surface area contributed by atoms with Crippen LogP contribution in [-0.2, 0) is 4.79 Å². The number of nitrogens with zero attached hydrogens (tertiary/aromatic N) is 1. The highest BCUT2D eigenvalue weighted by atomic mass is 79.9. The molecule has 0 aliphatic rings. The number of aromatic nitrogens is 1. The summed E-state index contributed by atoms with van der Waals surface area (Å²) in [5.74, 6) is 1.13. The Morgan fingerprint density at radius 3 is 2.81 bits per heavy atom. The fraction of sp³-hybridized carbons (Fsp3) is 0.111. The average molecular weight is 454 g/mol. The van der Waals surface area contributed by atoms with Crippen molar-refractivity contribution in [3.8, 4) is 17.1 Å². The lowest BCUT2D eigenvalue weighted by atomic mass is 10.2. The lowest BCUT2D eigenvalue weighted by Gasteiger charge is -2.09. The topological polar surface area (TPSA) is 64.4 Å². The Morgan fingerprint density at radius 2 is 2.08 bits per heavy atom. The summed E-state index contributed by atoms with van der Waals surface area (Å²) in [7, 11) is 1.53. The molecule has 26 heavy (non-hydrogen) atoms. The molecule has 3 aromatic rings. The van der Waals surface area contributed by atoms with Crippen LogP contribution in [-0.4, -0.2) is 23.8 Å². The number of rotatable bonds is 6. The van der Waals surface area contributed by atoms with E-state index in [4.69, 9.17) is 20.8 Å². The summed E-state index contributed by atoms with van der Waals surface area (Å²) in [5.41, 5.74) is 1.44. The summed E-state index contributed by atoms with van der Waals surface area (Å²) in [6.45, 7) is 0. The Morgan fingerprint density at radius 1 is 1.31 bits per heavy atom. The molecule has 0 saturated carbocycles. The zero-order chi connectivity index (χ0) is 18.5. The van der Waals surface area contributed by atoms with Gasteiger partial charge in [0, 0.05) is 15.1 Å². The number of amides is 1. The van der Waals surface area contributed by atoms with Gasteiger partial charge in [0.05, 0.1) is 24.7 Å². The maximum absolute atomic E-state index is 12.2. The van der Waals surface area contributed by atoms with Crippen molar-refractivity contribution < 1.29 is 13.9 Å². The molecule has 0 aliphatic carbocycles. The first-order valence-corrected chi connectivity index (χ1v) is 9.69. The Bertz CT molecular complexity index is 915. The number of anilines is 1. The monoisotopic (exact) mass is 452 g/mol. The molecule has 8 heteroatoms. The molecule has 0 atom stereocenters. The van der Waals surface area contributed by atoms with Crippen molar-refractivity contribution in [2.45, 2.75) is 5.22 Å². The van der Waals surface area contributed by atoms with Crippen LogP contribution in [0.3, 0.4) is 0 Å². The van der Waals surface area contributed by atoms with E-state index in [0.717, 1.165) is 10.0 Å². The van der Waals surface area contributed by atoms with Crippen LogP contribution in [0.25, 0.3) is 11.3 Å². The Kier molecular flexibility index (Phi) is 6.24. The van der Waals surface area contributed by atoms with Crippen LogP contribution in [0.1, 0.15) is 0 Å². The first-order valence-electron chi connectivity index (χ1n) is 7.53. The molecule has 2 aromatic carbocycles. The van der Waals surface area contributed by atoms with Crippen molar-refractivity contribution in [2.75, 3.05) is 18.2 Å². The second-order valence-corrected chi connectivity index (χ2v) is 7.46. The van der Waals surface area contributed by atoms with Crippen LogP contribution in [0.5, 0.6) is 5.75 Å². The molecule has 1 N–H and O–H groups in total. The molecule has 1 amide bonds. The predicted molar refractivity (Wildman–Crippen MR) is 107 cm³/mol. The van der Waals surface area contributed by atoms with Crippen molar-refractivity contribution in [2.24, 2.45) is 0 Å². The largest absolute Gasteiger partial charge is 0.495 e. The van der Waals surface area contributed by atoms with Gasteiger partial charge in [0.1, 0.15) is 5.75 Å². The van der Waals surface area contributed by atoms with Gasteiger partial charge in [0.25, 0.3) is 5.22 Å². The van der Waals surface area contributed by atoms with Gasteiger partial charge in [-0.15, -0.1) is 0 Å². The standard InChI is InChI=1S/C18H14BrClN2O3S/c1-24-15-7-6-13(20)8-14(15)22-17(23)10-26-18-21-9-16(25-18)11-2-4-12(19)5-3-11/h2-9H,10H2,1H3,(H,22,23). The minimum absolute atomic E-state index is 0.149. The Labute approximate surface area is 168 Å². The number of halogens is 2. The zero-order valence-corrected chi connectivity index (χ0v) is 16.8. The predicted octanol–water partition coefficient (Wildman–Crippen LogP) is 5.50. The minimum Gasteiger partial charge on any atom is -0.495 e. The maximum atomic E-state index is 12.2.